The number of rotatable bonds is 8. The molecule has 8 nitrogen and oxygen atoms in total. The maximum atomic E-state index is 13.4. The molecule has 35 heavy (non-hydrogen) atoms. The zero-order chi connectivity index (χ0) is 25.9. The average Bonchev–Trinajstić information content (AvgIpc) is 3.29. The first kappa shape index (κ1) is 27.0. The Labute approximate surface area is 209 Å². The van der Waals surface area contributed by atoms with Gasteiger partial charge < -0.3 is 19.5 Å². The lowest BCUT2D eigenvalue weighted by Gasteiger charge is -2.34. The number of fused-ring (bicyclic) bond motifs is 2. The Hall–Kier alpha value is -2.55. The van der Waals surface area contributed by atoms with Gasteiger partial charge in [0.15, 0.2) is 0 Å². The minimum atomic E-state index is -1.29. The van der Waals surface area contributed by atoms with Gasteiger partial charge in [0, 0.05) is 20.7 Å². The molecule has 2 heterocycles. The molecule has 0 radical (unpaired) electrons. The highest BCUT2D eigenvalue weighted by molar-refractivity contribution is 6.76. The third-order valence-electron chi connectivity index (χ3n) is 6.56. The quantitative estimate of drug-likeness (QED) is 0.306. The number of benzene rings is 1. The Morgan fingerprint density at radius 1 is 1.11 bits per heavy atom. The van der Waals surface area contributed by atoms with E-state index >= 15 is 0 Å². The van der Waals surface area contributed by atoms with Gasteiger partial charge in [0.25, 0.3) is 0 Å². The molecule has 1 aromatic carbocycles. The van der Waals surface area contributed by atoms with Gasteiger partial charge in [0.2, 0.25) is 0 Å². The molecule has 9 heteroatoms. The number of nitrogens with one attached hydrogen (secondary N) is 1. The van der Waals surface area contributed by atoms with E-state index < -0.39 is 37.4 Å². The van der Waals surface area contributed by atoms with E-state index in [4.69, 9.17) is 14.2 Å². The summed E-state index contributed by atoms with van der Waals surface area (Å²) in [7, 11) is -1.29. The van der Waals surface area contributed by atoms with E-state index in [0.717, 1.165) is 11.6 Å². The minimum Gasteiger partial charge on any atom is -0.458 e. The fourth-order valence-electron chi connectivity index (χ4n) is 4.85. The fourth-order valence-corrected chi connectivity index (χ4v) is 5.56. The molecule has 1 N–H and O–H groups in total. The first-order valence-electron chi connectivity index (χ1n) is 12.4. The third kappa shape index (κ3) is 6.99. The highest BCUT2D eigenvalue weighted by Crippen LogP contribution is 2.51. The highest BCUT2D eigenvalue weighted by atomic mass is 28.3. The number of hydrogen-bond donors (Lipinski definition) is 1. The Balaban J connectivity index is 1.68. The van der Waals surface area contributed by atoms with Crippen molar-refractivity contribution >= 4 is 26.2 Å². The van der Waals surface area contributed by atoms with Crippen LogP contribution in [0, 0.1) is 5.92 Å². The van der Waals surface area contributed by atoms with E-state index in [1.165, 1.54) is 0 Å². The Bertz CT molecular complexity index is 911. The molecule has 1 aromatic rings. The molecule has 0 unspecified atom stereocenters. The van der Waals surface area contributed by atoms with Gasteiger partial charge >= 0.3 is 18.2 Å². The van der Waals surface area contributed by atoms with Crippen LogP contribution in [0.25, 0.3) is 0 Å². The number of carbonyl (C=O) groups is 3. The predicted octanol–water partition coefficient (Wildman–Crippen LogP) is 4.95. The monoisotopic (exact) mass is 504 g/mol. The Kier molecular flexibility index (Phi) is 8.19. The molecule has 0 aromatic heterocycles. The highest BCUT2D eigenvalue weighted by Gasteiger charge is 2.64. The number of alkyl carbamates (subject to hydrolysis) is 1. The first-order chi connectivity index (χ1) is 16.3. The number of hydrogen-bond acceptors (Lipinski definition) is 6. The van der Waals surface area contributed by atoms with Gasteiger partial charge in [-0.3, -0.25) is 4.90 Å². The normalized spacial score (nSPS) is 23.7. The van der Waals surface area contributed by atoms with E-state index in [9.17, 15) is 14.4 Å². The van der Waals surface area contributed by atoms with Crippen molar-refractivity contribution in [1.29, 1.82) is 0 Å². The maximum absolute atomic E-state index is 13.4. The van der Waals surface area contributed by atoms with Crippen LogP contribution in [0.4, 0.5) is 9.59 Å². The molecule has 2 saturated heterocycles. The first-order valence-corrected chi connectivity index (χ1v) is 16.2. The molecule has 0 spiro atoms. The maximum Gasteiger partial charge on any atom is 0.411 e. The van der Waals surface area contributed by atoms with E-state index in [1.807, 2.05) is 51.1 Å². The van der Waals surface area contributed by atoms with E-state index in [0.29, 0.717) is 32.4 Å². The lowest BCUT2D eigenvalue weighted by atomic mass is 9.81. The van der Waals surface area contributed by atoms with Gasteiger partial charge in [-0.1, -0.05) is 50.0 Å². The van der Waals surface area contributed by atoms with E-state index in [-0.39, 0.29) is 18.6 Å². The van der Waals surface area contributed by atoms with Crippen LogP contribution in [0.1, 0.15) is 45.6 Å². The van der Waals surface area contributed by atoms with Gasteiger partial charge in [-0.2, -0.15) is 0 Å². The van der Waals surface area contributed by atoms with Gasteiger partial charge in [0.05, 0.1) is 6.61 Å². The van der Waals surface area contributed by atoms with Crippen LogP contribution >= 0.6 is 0 Å². The smallest absolute Gasteiger partial charge is 0.411 e. The average molecular weight is 505 g/mol. The van der Waals surface area contributed by atoms with E-state index in [2.05, 4.69) is 25.0 Å². The number of amides is 2. The fraction of sp³-hybridized carbons (Fsp3) is 0.654. The van der Waals surface area contributed by atoms with Crippen LogP contribution in [-0.4, -0.2) is 61.5 Å². The second-order valence-corrected chi connectivity index (χ2v) is 17.5. The molecule has 2 bridgehead atoms. The van der Waals surface area contributed by atoms with Gasteiger partial charge in [-0.05, 0) is 57.6 Å². The largest absolute Gasteiger partial charge is 0.458 e. The van der Waals surface area contributed by atoms with Crippen molar-refractivity contribution in [3.63, 3.8) is 0 Å². The second kappa shape index (κ2) is 10.6. The van der Waals surface area contributed by atoms with Crippen molar-refractivity contribution in [2.45, 2.75) is 89.5 Å². The second-order valence-electron chi connectivity index (χ2n) is 11.8. The molecule has 3 atom stereocenters. The van der Waals surface area contributed by atoms with Crippen LogP contribution in [0.3, 0.4) is 0 Å². The van der Waals surface area contributed by atoms with Crippen molar-refractivity contribution in [3.05, 3.63) is 35.9 Å². The van der Waals surface area contributed by atoms with Crippen molar-refractivity contribution < 1.29 is 28.6 Å². The summed E-state index contributed by atoms with van der Waals surface area (Å²) in [4.78, 5) is 40.5. The van der Waals surface area contributed by atoms with Crippen molar-refractivity contribution in [3.8, 4) is 0 Å². The van der Waals surface area contributed by atoms with Crippen LogP contribution < -0.4 is 5.32 Å². The molecule has 2 amide bonds. The standard InChI is InChI=1S/C26H40N2O6Si/c1-25(2,3)34-22(29)26-13-12-21(28(26)24(31)33-18-19-10-8-7-9-11-19)20(16-26)17-27-23(30)32-14-15-35(4,5)6/h7-11,20-21H,12-18H2,1-6H3,(H,27,30)/t20-,21-,26+/m1/s1. The summed E-state index contributed by atoms with van der Waals surface area (Å²) >= 11 is 0. The minimum absolute atomic E-state index is 0.0925. The van der Waals surface area contributed by atoms with Crippen LogP contribution in [0.2, 0.25) is 25.7 Å². The zero-order valence-corrected chi connectivity index (χ0v) is 22.9. The van der Waals surface area contributed by atoms with Crippen LogP contribution in [-0.2, 0) is 25.6 Å². The molecular formula is C26H40N2O6Si. The lowest BCUT2D eigenvalue weighted by Crippen LogP contribution is -2.53. The summed E-state index contributed by atoms with van der Waals surface area (Å²) in [5, 5.41) is 2.84. The van der Waals surface area contributed by atoms with Gasteiger partial charge in [0.1, 0.15) is 17.7 Å². The molecule has 2 aliphatic heterocycles. The SMILES string of the molecule is CC(C)(C)OC(=O)[C@]12CC[C@H]([C@@H](CNC(=O)OCC[Si](C)(C)C)C1)N2C(=O)OCc1ccccc1. The van der Waals surface area contributed by atoms with E-state index in [1.54, 1.807) is 4.90 Å². The lowest BCUT2D eigenvalue weighted by molar-refractivity contribution is -0.166. The number of ether oxygens (including phenoxy) is 3. The molecule has 3 rings (SSSR count). The predicted molar refractivity (Wildman–Crippen MR) is 136 cm³/mol. The molecule has 0 saturated carbocycles. The van der Waals surface area contributed by atoms with Gasteiger partial charge in [-0.25, -0.2) is 14.4 Å². The molecular weight excluding hydrogens is 464 g/mol. The summed E-state index contributed by atoms with van der Waals surface area (Å²) in [6.45, 7) is 13.0. The summed E-state index contributed by atoms with van der Waals surface area (Å²) in [6, 6.07) is 10.1. The van der Waals surface area contributed by atoms with Crippen LogP contribution in [0.15, 0.2) is 30.3 Å². The number of carbonyl (C=O) groups excluding carboxylic acids is 3. The summed E-state index contributed by atoms with van der Waals surface area (Å²) in [6.07, 6.45) is 0.598. The molecule has 2 fully saturated rings. The molecule has 0 aliphatic carbocycles. The summed E-state index contributed by atoms with van der Waals surface area (Å²) in [5.74, 6) is -0.505. The summed E-state index contributed by atoms with van der Waals surface area (Å²) in [5.41, 5.74) is -0.891. The Morgan fingerprint density at radius 3 is 2.43 bits per heavy atom. The van der Waals surface area contributed by atoms with Crippen molar-refractivity contribution in [2.75, 3.05) is 13.2 Å². The number of esters is 1. The molecule has 2 aliphatic rings. The van der Waals surface area contributed by atoms with Crippen molar-refractivity contribution in [1.82, 2.24) is 10.2 Å². The molecule has 194 valence electrons. The van der Waals surface area contributed by atoms with Crippen molar-refractivity contribution in [2.24, 2.45) is 5.92 Å². The third-order valence-corrected chi connectivity index (χ3v) is 8.27. The zero-order valence-electron chi connectivity index (χ0n) is 21.9. The number of nitrogens with zero attached hydrogens (tertiary/aromatic N) is 1. The van der Waals surface area contributed by atoms with Gasteiger partial charge in [-0.15, -0.1) is 0 Å². The summed E-state index contributed by atoms with van der Waals surface area (Å²) < 4.78 is 16.7. The topological polar surface area (TPSA) is 94.2 Å². The van der Waals surface area contributed by atoms with Crippen LogP contribution in [0.5, 0.6) is 0 Å². The Morgan fingerprint density at radius 2 is 1.80 bits per heavy atom.